The van der Waals surface area contributed by atoms with Crippen LogP contribution in [0.5, 0.6) is 0 Å². The lowest BCUT2D eigenvalue weighted by Crippen LogP contribution is -2.49. The van der Waals surface area contributed by atoms with Crippen LogP contribution < -0.4 is 10.6 Å². The minimum atomic E-state index is 0.310. The summed E-state index contributed by atoms with van der Waals surface area (Å²) in [4.78, 5) is 5.35. The topological polar surface area (TPSA) is 32.5 Å². The first-order valence-corrected chi connectivity index (χ1v) is 14.3. The molecule has 1 aromatic carbocycles. The minimum Gasteiger partial charge on any atom is -0.368 e. The van der Waals surface area contributed by atoms with Gasteiger partial charge in [-0.3, -0.25) is 0 Å². The monoisotopic (exact) mass is 455 g/mol. The number of aryl methyl sites for hydroxylation is 1. The van der Waals surface area contributed by atoms with Crippen LogP contribution in [0, 0.1) is 17.8 Å². The highest BCUT2D eigenvalue weighted by Crippen LogP contribution is 2.29. The Kier molecular flexibility index (Phi) is 11.0. The lowest BCUT2D eigenvalue weighted by atomic mass is 9.85. The molecule has 3 heteroatoms. The Hall–Kier alpha value is -1.06. The zero-order chi connectivity index (χ0) is 23.6. The van der Waals surface area contributed by atoms with Crippen molar-refractivity contribution in [3.63, 3.8) is 0 Å². The van der Waals surface area contributed by atoms with Crippen molar-refractivity contribution in [2.24, 2.45) is 23.5 Å². The second-order valence-corrected chi connectivity index (χ2v) is 11.7. The molecule has 0 amide bonds. The van der Waals surface area contributed by atoms with Gasteiger partial charge in [-0.25, -0.2) is 0 Å². The fourth-order valence-electron chi connectivity index (χ4n) is 5.81. The predicted molar refractivity (Wildman–Crippen MR) is 145 cm³/mol. The molecule has 0 radical (unpaired) electrons. The molecule has 3 rings (SSSR count). The summed E-state index contributed by atoms with van der Waals surface area (Å²) < 4.78 is 0. The van der Waals surface area contributed by atoms with E-state index in [9.17, 15) is 0 Å². The van der Waals surface area contributed by atoms with Crippen LogP contribution in [-0.4, -0.2) is 43.2 Å². The summed E-state index contributed by atoms with van der Waals surface area (Å²) in [5, 5.41) is 0. The number of anilines is 1. The van der Waals surface area contributed by atoms with E-state index in [0.29, 0.717) is 18.0 Å². The SMILES string of the molecule is CCC(C)C(N)CN1CCC(N(CCC(C)C)c2ccc(CCC3CCCCC3)cc2)CC1. The van der Waals surface area contributed by atoms with Gasteiger partial charge in [-0.05, 0) is 67.6 Å². The summed E-state index contributed by atoms with van der Waals surface area (Å²) in [6.45, 7) is 13.9. The molecular formula is C30H53N3. The van der Waals surface area contributed by atoms with E-state index in [2.05, 4.69) is 61.8 Å². The zero-order valence-electron chi connectivity index (χ0n) is 22.3. The molecule has 0 bridgehead atoms. The molecule has 1 heterocycles. The molecule has 1 aliphatic carbocycles. The van der Waals surface area contributed by atoms with Crippen molar-refractivity contribution < 1.29 is 0 Å². The summed E-state index contributed by atoms with van der Waals surface area (Å²) >= 11 is 0. The van der Waals surface area contributed by atoms with Crippen molar-refractivity contribution in [2.75, 3.05) is 31.1 Å². The summed E-state index contributed by atoms with van der Waals surface area (Å²) in [7, 11) is 0. The van der Waals surface area contributed by atoms with Gasteiger partial charge >= 0.3 is 0 Å². The maximum absolute atomic E-state index is 6.46. The summed E-state index contributed by atoms with van der Waals surface area (Å²) in [5.41, 5.74) is 9.43. The molecule has 1 aliphatic heterocycles. The Labute approximate surface area is 205 Å². The fraction of sp³-hybridized carbons (Fsp3) is 0.800. The number of nitrogens with zero attached hydrogens (tertiary/aromatic N) is 2. The van der Waals surface area contributed by atoms with Gasteiger partial charge in [0.25, 0.3) is 0 Å². The standard InChI is InChI=1S/C30H53N3/c1-5-25(4)30(31)23-32-20-18-29(19-21-32)33(22-17-24(2)3)28-15-13-27(14-16-28)12-11-26-9-7-6-8-10-26/h13-16,24-26,29-30H,5-12,17-23,31H2,1-4H3. The molecule has 188 valence electrons. The molecule has 1 saturated heterocycles. The zero-order valence-corrected chi connectivity index (χ0v) is 22.3. The van der Waals surface area contributed by atoms with Gasteiger partial charge in [0.15, 0.2) is 0 Å². The molecule has 3 nitrogen and oxygen atoms in total. The van der Waals surface area contributed by atoms with Gasteiger partial charge in [0.05, 0.1) is 0 Å². The second-order valence-electron chi connectivity index (χ2n) is 11.7. The molecule has 1 aromatic rings. The van der Waals surface area contributed by atoms with Crippen LogP contribution in [0.1, 0.15) is 97.5 Å². The van der Waals surface area contributed by atoms with Gasteiger partial charge in [-0.2, -0.15) is 0 Å². The number of rotatable bonds is 12. The maximum atomic E-state index is 6.46. The van der Waals surface area contributed by atoms with E-state index in [1.54, 1.807) is 0 Å². The van der Waals surface area contributed by atoms with Crippen molar-refractivity contribution in [1.29, 1.82) is 0 Å². The largest absolute Gasteiger partial charge is 0.368 e. The number of nitrogens with two attached hydrogens (primary N) is 1. The first kappa shape index (κ1) is 26.5. The Morgan fingerprint density at radius 2 is 1.64 bits per heavy atom. The predicted octanol–water partition coefficient (Wildman–Crippen LogP) is 6.89. The van der Waals surface area contributed by atoms with Gasteiger partial charge in [0, 0.05) is 44.0 Å². The molecule has 0 aromatic heterocycles. The van der Waals surface area contributed by atoms with Crippen molar-refractivity contribution >= 4 is 5.69 Å². The van der Waals surface area contributed by atoms with Gasteiger partial charge in [-0.15, -0.1) is 0 Å². The third kappa shape index (κ3) is 8.58. The van der Waals surface area contributed by atoms with E-state index in [1.165, 1.54) is 102 Å². The molecule has 33 heavy (non-hydrogen) atoms. The van der Waals surface area contributed by atoms with E-state index >= 15 is 0 Å². The number of piperidine rings is 1. The Morgan fingerprint density at radius 1 is 0.970 bits per heavy atom. The third-order valence-corrected chi connectivity index (χ3v) is 8.62. The Morgan fingerprint density at radius 3 is 2.24 bits per heavy atom. The van der Waals surface area contributed by atoms with Crippen LogP contribution in [0.4, 0.5) is 5.69 Å². The molecule has 2 unspecified atom stereocenters. The average molecular weight is 456 g/mol. The summed E-state index contributed by atoms with van der Waals surface area (Å²) in [6.07, 6.45) is 14.9. The highest BCUT2D eigenvalue weighted by atomic mass is 15.2. The lowest BCUT2D eigenvalue weighted by molar-refractivity contribution is 0.183. The average Bonchev–Trinajstić information content (AvgIpc) is 2.84. The van der Waals surface area contributed by atoms with Crippen molar-refractivity contribution in [3.05, 3.63) is 29.8 Å². The Bertz CT molecular complexity index is 641. The molecule has 1 saturated carbocycles. The van der Waals surface area contributed by atoms with Crippen LogP contribution in [0.3, 0.4) is 0 Å². The highest BCUT2D eigenvalue weighted by Gasteiger charge is 2.26. The van der Waals surface area contributed by atoms with Gasteiger partial charge in [0.1, 0.15) is 0 Å². The molecule has 2 fully saturated rings. The van der Waals surface area contributed by atoms with E-state index in [-0.39, 0.29) is 0 Å². The molecular weight excluding hydrogens is 402 g/mol. The Balaban J connectivity index is 1.55. The number of hydrogen-bond donors (Lipinski definition) is 1. The van der Waals surface area contributed by atoms with Crippen molar-refractivity contribution in [3.8, 4) is 0 Å². The maximum Gasteiger partial charge on any atom is 0.0368 e. The van der Waals surface area contributed by atoms with E-state index < -0.39 is 0 Å². The van der Waals surface area contributed by atoms with Gasteiger partial charge < -0.3 is 15.5 Å². The normalized spacial score (nSPS) is 20.8. The second kappa shape index (κ2) is 13.7. The van der Waals surface area contributed by atoms with E-state index in [1.807, 2.05) is 0 Å². The van der Waals surface area contributed by atoms with E-state index in [0.717, 1.165) is 18.4 Å². The number of likely N-dealkylation sites (tertiary alicyclic amines) is 1. The summed E-state index contributed by atoms with van der Waals surface area (Å²) in [6, 6.07) is 10.6. The molecule has 0 spiro atoms. The molecule has 2 N–H and O–H groups in total. The third-order valence-electron chi connectivity index (χ3n) is 8.62. The van der Waals surface area contributed by atoms with Crippen molar-refractivity contribution in [1.82, 2.24) is 4.90 Å². The first-order chi connectivity index (χ1) is 16.0. The lowest BCUT2D eigenvalue weighted by Gasteiger charge is -2.41. The van der Waals surface area contributed by atoms with Crippen molar-refractivity contribution in [2.45, 2.75) is 110 Å². The highest BCUT2D eigenvalue weighted by molar-refractivity contribution is 5.49. The van der Waals surface area contributed by atoms with E-state index in [4.69, 9.17) is 5.73 Å². The van der Waals surface area contributed by atoms with Crippen LogP contribution in [-0.2, 0) is 6.42 Å². The fourth-order valence-corrected chi connectivity index (χ4v) is 5.81. The van der Waals surface area contributed by atoms with Gasteiger partial charge in [0.2, 0.25) is 0 Å². The van der Waals surface area contributed by atoms with Gasteiger partial charge in [-0.1, -0.05) is 78.4 Å². The minimum absolute atomic E-state index is 0.310. The van der Waals surface area contributed by atoms with Crippen LogP contribution >= 0.6 is 0 Å². The quantitative estimate of drug-likeness (QED) is 0.372. The first-order valence-electron chi connectivity index (χ1n) is 14.3. The van der Waals surface area contributed by atoms with Crippen LogP contribution in [0.25, 0.3) is 0 Å². The molecule has 2 atom stereocenters. The number of benzene rings is 1. The summed E-state index contributed by atoms with van der Waals surface area (Å²) in [5.74, 6) is 2.33. The van der Waals surface area contributed by atoms with Crippen LogP contribution in [0.15, 0.2) is 24.3 Å². The molecule has 2 aliphatic rings. The number of hydrogen-bond acceptors (Lipinski definition) is 3. The van der Waals surface area contributed by atoms with Crippen LogP contribution in [0.2, 0.25) is 0 Å². The smallest absolute Gasteiger partial charge is 0.0368 e.